The van der Waals surface area contributed by atoms with E-state index in [1.54, 1.807) is 41.2 Å². The van der Waals surface area contributed by atoms with Gasteiger partial charge in [-0.2, -0.15) is 0 Å². The molecule has 7 heteroatoms. The topological polar surface area (TPSA) is 69.4 Å². The van der Waals surface area contributed by atoms with Gasteiger partial charge in [0.25, 0.3) is 5.19 Å². The largest absolute Gasteiger partial charge is 0.430 e. The molecule has 0 bridgehead atoms. The summed E-state index contributed by atoms with van der Waals surface area (Å²) in [4.78, 5) is 20.0. The highest BCUT2D eigenvalue weighted by atomic mass is 32.1. The van der Waals surface area contributed by atoms with Gasteiger partial charge in [-0.1, -0.05) is 0 Å². The third-order valence-corrected chi connectivity index (χ3v) is 4.00. The summed E-state index contributed by atoms with van der Waals surface area (Å²) in [6, 6.07) is 10.7. The maximum Gasteiger partial charge on any atom is 0.299 e. The van der Waals surface area contributed by atoms with E-state index in [0.717, 1.165) is 22.5 Å². The van der Waals surface area contributed by atoms with Crippen molar-refractivity contribution in [3.05, 3.63) is 60.6 Å². The number of fused-ring (bicyclic) bond motifs is 1. The standard InChI is InChI=1S/C16H10N4O2S/c21-10-11-3-5-13(6-4-11)22-16-19-20-9-14(18-15(20)23-16)12-2-1-7-17-8-12/h1-10H. The van der Waals surface area contributed by atoms with Gasteiger partial charge >= 0.3 is 0 Å². The molecule has 4 aromatic rings. The monoisotopic (exact) mass is 322 g/mol. The summed E-state index contributed by atoms with van der Waals surface area (Å²) in [5.74, 6) is 0.625. The van der Waals surface area contributed by atoms with Gasteiger partial charge in [-0.3, -0.25) is 9.78 Å². The minimum atomic E-state index is 0.490. The third-order valence-electron chi connectivity index (χ3n) is 3.20. The zero-order valence-electron chi connectivity index (χ0n) is 11.8. The van der Waals surface area contributed by atoms with Crippen LogP contribution in [-0.2, 0) is 0 Å². The van der Waals surface area contributed by atoms with Gasteiger partial charge in [0.2, 0.25) is 4.96 Å². The molecule has 0 fully saturated rings. The number of benzene rings is 1. The van der Waals surface area contributed by atoms with Gasteiger partial charge in [-0.25, -0.2) is 9.50 Å². The lowest BCUT2D eigenvalue weighted by atomic mass is 10.2. The maximum absolute atomic E-state index is 10.6. The lowest BCUT2D eigenvalue weighted by Gasteiger charge is -2.00. The molecule has 112 valence electrons. The first-order valence-corrected chi connectivity index (χ1v) is 7.63. The number of nitrogens with zero attached hydrogens (tertiary/aromatic N) is 4. The number of ether oxygens (including phenoxy) is 1. The van der Waals surface area contributed by atoms with E-state index in [0.29, 0.717) is 16.5 Å². The molecule has 23 heavy (non-hydrogen) atoms. The quantitative estimate of drug-likeness (QED) is 0.538. The van der Waals surface area contributed by atoms with Crippen molar-refractivity contribution < 1.29 is 9.53 Å². The van der Waals surface area contributed by atoms with Crippen LogP contribution >= 0.6 is 11.3 Å². The highest BCUT2D eigenvalue weighted by molar-refractivity contribution is 7.18. The first kappa shape index (κ1) is 13.6. The Bertz CT molecular complexity index is 929. The second-order valence-corrected chi connectivity index (χ2v) is 5.67. The molecule has 0 amide bonds. The van der Waals surface area contributed by atoms with E-state index >= 15 is 0 Å². The molecule has 0 aliphatic carbocycles. The second kappa shape index (κ2) is 5.62. The normalized spacial score (nSPS) is 10.8. The van der Waals surface area contributed by atoms with Crippen LogP contribution in [0, 0.1) is 0 Å². The molecule has 6 nitrogen and oxygen atoms in total. The Hall–Kier alpha value is -3.06. The molecule has 3 heterocycles. The zero-order valence-corrected chi connectivity index (χ0v) is 12.6. The smallest absolute Gasteiger partial charge is 0.299 e. The molecule has 4 rings (SSSR count). The molecule has 0 aliphatic rings. The van der Waals surface area contributed by atoms with E-state index in [4.69, 9.17) is 4.74 Å². The number of rotatable bonds is 4. The number of carbonyl (C=O) groups excluding carboxylic acids is 1. The van der Waals surface area contributed by atoms with Gasteiger partial charge in [-0.15, -0.1) is 5.10 Å². The maximum atomic E-state index is 10.6. The molecule has 0 spiro atoms. The Balaban J connectivity index is 1.59. The van der Waals surface area contributed by atoms with Crippen molar-refractivity contribution in [2.24, 2.45) is 0 Å². The molecule has 0 aliphatic heterocycles. The van der Waals surface area contributed by atoms with Crippen LogP contribution in [0.15, 0.2) is 55.0 Å². The molecule has 0 N–H and O–H groups in total. The number of pyridine rings is 1. The van der Waals surface area contributed by atoms with Crippen LogP contribution in [0.1, 0.15) is 10.4 Å². The van der Waals surface area contributed by atoms with Gasteiger partial charge in [0.05, 0.1) is 11.9 Å². The SMILES string of the molecule is O=Cc1ccc(Oc2nn3cc(-c4cccnc4)nc3s2)cc1. The van der Waals surface area contributed by atoms with Gasteiger partial charge in [0, 0.05) is 23.5 Å². The number of hydrogen-bond donors (Lipinski definition) is 0. The number of aldehydes is 1. The first-order valence-electron chi connectivity index (χ1n) is 6.81. The lowest BCUT2D eigenvalue weighted by molar-refractivity contribution is 0.112. The van der Waals surface area contributed by atoms with Crippen LogP contribution in [0.25, 0.3) is 16.2 Å². The summed E-state index contributed by atoms with van der Waals surface area (Å²) < 4.78 is 7.37. The minimum absolute atomic E-state index is 0.490. The van der Waals surface area contributed by atoms with Gasteiger partial charge in [0.1, 0.15) is 12.0 Å². The fourth-order valence-corrected chi connectivity index (χ4v) is 2.85. The van der Waals surface area contributed by atoms with Crippen molar-refractivity contribution in [2.75, 3.05) is 0 Å². The van der Waals surface area contributed by atoms with Gasteiger partial charge in [0.15, 0.2) is 0 Å². The Morgan fingerprint density at radius 3 is 2.74 bits per heavy atom. The number of aromatic nitrogens is 4. The average molecular weight is 322 g/mol. The zero-order chi connectivity index (χ0) is 15.6. The van der Waals surface area contributed by atoms with Crippen LogP contribution in [0.4, 0.5) is 0 Å². The molecule has 1 aromatic carbocycles. The molecule has 0 atom stereocenters. The Morgan fingerprint density at radius 2 is 2.04 bits per heavy atom. The summed E-state index contributed by atoms with van der Waals surface area (Å²) in [7, 11) is 0. The fraction of sp³-hybridized carbons (Fsp3) is 0. The predicted molar refractivity (Wildman–Crippen MR) is 86.0 cm³/mol. The van der Waals surface area contributed by atoms with Crippen molar-refractivity contribution in [2.45, 2.75) is 0 Å². The van der Waals surface area contributed by atoms with Crippen LogP contribution in [0.2, 0.25) is 0 Å². The highest BCUT2D eigenvalue weighted by Crippen LogP contribution is 2.28. The van der Waals surface area contributed by atoms with Crippen molar-refractivity contribution in [3.8, 4) is 22.2 Å². The van der Waals surface area contributed by atoms with E-state index in [-0.39, 0.29) is 0 Å². The number of imidazole rings is 1. The summed E-state index contributed by atoms with van der Waals surface area (Å²) in [5.41, 5.74) is 2.36. The molecule has 0 unspecified atom stereocenters. The lowest BCUT2D eigenvalue weighted by Crippen LogP contribution is -1.87. The molecule has 3 aromatic heterocycles. The fourth-order valence-electron chi connectivity index (χ4n) is 2.09. The first-order chi connectivity index (χ1) is 11.3. The predicted octanol–water partition coefficient (Wildman–Crippen LogP) is 3.46. The Morgan fingerprint density at radius 1 is 1.17 bits per heavy atom. The summed E-state index contributed by atoms with van der Waals surface area (Å²) in [6.45, 7) is 0. The van der Waals surface area contributed by atoms with E-state index in [2.05, 4.69) is 15.1 Å². The van der Waals surface area contributed by atoms with Crippen molar-refractivity contribution in [1.82, 2.24) is 19.6 Å². The molecule has 0 saturated carbocycles. The summed E-state index contributed by atoms with van der Waals surface area (Å²) in [6.07, 6.45) is 6.12. The van der Waals surface area contributed by atoms with E-state index in [1.807, 2.05) is 18.3 Å². The minimum Gasteiger partial charge on any atom is -0.430 e. The van der Waals surface area contributed by atoms with Crippen LogP contribution < -0.4 is 4.74 Å². The Kier molecular flexibility index (Phi) is 3.32. The Labute approximate surface area is 135 Å². The molecular weight excluding hydrogens is 312 g/mol. The second-order valence-electron chi connectivity index (χ2n) is 4.75. The average Bonchev–Trinajstić information content (AvgIpc) is 3.15. The highest BCUT2D eigenvalue weighted by Gasteiger charge is 2.11. The van der Waals surface area contributed by atoms with E-state index in [9.17, 15) is 4.79 Å². The molecule has 0 saturated heterocycles. The number of carbonyl (C=O) groups is 1. The summed E-state index contributed by atoms with van der Waals surface area (Å²) >= 11 is 1.35. The molecular formula is C16H10N4O2S. The van der Waals surface area contributed by atoms with Gasteiger partial charge < -0.3 is 4.74 Å². The number of hydrogen-bond acceptors (Lipinski definition) is 6. The van der Waals surface area contributed by atoms with E-state index in [1.165, 1.54) is 11.3 Å². The summed E-state index contributed by atoms with van der Waals surface area (Å²) in [5, 5.41) is 4.85. The van der Waals surface area contributed by atoms with Crippen molar-refractivity contribution in [3.63, 3.8) is 0 Å². The van der Waals surface area contributed by atoms with Crippen molar-refractivity contribution >= 4 is 22.6 Å². The van der Waals surface area contributed by atoms with Crippen molar-refractivity contribution in [1.29, 1.82) is 0 Å². The van der Waals surface area contributed by atoms with Crippen LogP contribution in [0.3, 0.4) is 0 Å². The third kappa shape index (κ3) is 2.69. The van der Waals surface area contributed by atoms with Gasteiger partial charge in [-0.05, 0) is 47.7 Å². The van der Waals surface area contributed by atoms with E-state index < -0.39 is 0 Å². The van der Waals surface area contributed by atoms with Crippen LogP contribution in [-0.4, -0.2) is 25.9 Å². The molecule has 0 radical (unpaired) electrons. The van der Waals surface area contributed by atoms with Crippen LogP contribution in [0.5, 0.6) is 10.9 Å².